The number of aliphatic carboxylic acids is 1. The number of hydrogen-bond acceptors (Lipinski definition) is 4. The molecule has 0 unspecified atom stereocenters. The Morgan fingerprint density at radius 3 is 2.44 bits per heavy atom. The first kappa shape index (κ1) is 15.6. The molecule has 102 valence electrons. The van der Waals surface area contributed by atoms with Crippen molar-refractivity contribution in [2.24, 2.45) is 0 Å². The van der Waals surface area contributed by atoms with Crippen molar-refractivity contribution in [3.8, 4) is 0 Å². The Kier molecular flexibility index (Phi) is 4.93. The first-order valence-electron chi connectivity index (χ1n) is 5.16. The molecule has 1 aromatic heterocycles. The van der Waals surface area contributed by atoms with Crippen molar-refractivity contribution in [2.45, 2.75) is 31.7 Å². The number of halogens is 1. The molecule has 0 spiro atoms. The Labute approximate surface area is 119 Å². The van der Waals surface area contributed by atoms with Gasteiger partial charge < -0.3 is 5.11 Å². The van der Waals surface area contributed by atoms with Gasteiger partial charge in [-0.1, -0.05) is 0 Å². The molecule has 0 saturated heterocycles. The third-order valence-electron chi connectivity index (χ3n) is 2.30. The maximum Gasteiger partial charge on any atom is 0.318 e. The van der Waals surface area contributed by atoms with Crippen molar-refractivity contribution in [3.05, 3.63) is 14.7 Å². The summed E-state index contributed by atoms with van der Waals surface area (Å²) in [4.78, 5) is 11.6. The van der Waals surface area contributed by atoms with E-state index in [-0.39, 0.29) is 4.90 Å². The van der Waals surface area contributed by atoms with Gasteiger partial charge in [0.1, 0.15) is 6.54 Å². The molecule has 0 fully saturated rings. The molecule has 1 rings (SSSR count). The molecule has 1 N–H and O–H groups in total. The highest BCUT2D eigenvalue weighted by atomic mass is 79.9. The van der Waals surface area contributed by atoms with Crippen molar-refractivity contribution in [1.82, 2.24) is 4.31 Å². The zero-order valence-electron chi connectivity index (χ0n) is 10.2. The van der Waals surface area contributed by atoms with Gasteiger partial charge in [-0.05, 0) is 42.8 Å². The molecule has 0 aliphatic heterocycles. The van der Waals surface area contributed by atoms with Gasteiger partial charge in [-0.3, -0.25) is 4.79 Å². The van der Waals surface area contributed by atoms with Gasteiger partial charge in [-0.2, -0.15) is 4.31 Å². The predicted octanol–water partition coefficient (Wildman–Crippen LogP) is 2.30. The first-order chi connectivity index (χ1) is 8.16. The average Bonchev–Trinajstić information content (AvgIpc) is 2.54. The molecule has 0 bridgehead atoms. The lowest BCUT2D eigenvalue weighted by Crippen LogP contribution is -2.40. The summed E-state index contributed by atoms with van der Waals surface area (Å²) in [5.74, 6) is -1.17. The summed E-state index contributed by atoms with van der Waals surface area (Å²) in [5.41, 5.74) is 0. The van der Waals surface area contributed by atoms with Crippen LogP contribution >= 0.6 is 27.3 Å². The number of aryl methyl sites for hydroxylation is 1. The molecule has 0 aromatic carbocycles. The fourth-order valence-corrected chi connectivity index (χ4v) is 5.46. The van der Waals surface area contributed by atoms with Crippen LogP contribution in [0.4, 0.5) is 0 Å². The van der Waals surface area contributed by atoms with Crippen LogP contribution in [0.3, 0.4) is 0 Å². The minimum absolute atomic E-state index is 0.161. The number of sulfonamides is 1. The average molecular weight is 356 g/mol. The second-order valence-corrected chi connectivity index (χ2v) is 8.50. The quantitative estimate of drug-likeness (QED) is 0.879. The molecule has 0 atom stereocenters. The molecular formula is C10H14BrNO4S2. The van der Waals surface area contributed by atoms with Crippen molar-refractivity contribution in [3.63, 3.8) is 0 Å². The Morgan fingerprint density at radius 1 is 1.56 bits per heavy atom. The molecule has 0 radical (unpaired) electrons. The van der Waals surface area contributed by atoms with E-state index in [1.807, 2.05) is 0 Å². The van der Waals surface area contributed by atoms with Crippen LogP contribution in [0.2, 0.25) is 0 Å². The van der Waals surface area contributed by atoms with Crippen molar-refractivity contribution < 1.29 is 18.3 Å². The van der Waals surface area contributed by atoms with Gasteiger partial charge >= 0.3 is 5.97 Å². The molecule has 0 amide bonds. The lowest BCUT2D eigenvalue weighted by Gasteiger charge is -2.23. The molecule has 5 nitrogen and oxygen atoms in total. The van der Waals surface area contributed by atoms with Crippen LogP contribution in [0.25, 0.3) is 0 Å². The van der Waals surface area contributed by atoms with Crippen LogP contribution < -0.4 is 0 Å². The summed E-state index contributed by atoms with van der Waals surface area (Å²) in [6.45, 7) is 4.46. The fourth-order valence-electron chi connectivity index (χ4n) is 1.49. The van der Waals surface area contributed by atoms with Gasteiger partial charge in [-0.15, -0.1) is 11.3 Å². The summed E-state index contributed by atoms with van der Waals surface area (Å²) in [7, 11) is -3.77. The molecular weight excluding hydrogens is 342 g/mol. The third kappa shape index (κ3) is 3.31. The lowest BCUT2D eigenvalue weighted by atomic mass is 10.4. The van der Waals surface area contributed by atoms with Crippen LogP contribution in [-0.2, 0) is 14.8 Å². The largest absolute Gasteiger partial charge is 0.480 e. The van der Waals surface area contributed by atoms with Crippen LogP contribution in [-0.4, -0.2) is 36.4 Å². The second kappa shape index (κ2) is 5.68. The zero-order chi connectivity index (χ0) is 14.1. The molecule has 0 aliphatic carbocycles. The van der Waals surface area contributed by atoms with E-state index in [1.54, 1.807) is 20.8 Å². The minimum Gasteiger partial charge on any atom is -0.480 e. The number of carbonyl (C=O) groups is 1. The van der Waals surface area contributed by atoms with E-state index in [1.165, 1.54) is 17.4 Å². The van der Waals surface area contributed by atoms with Gasteiger partial charge in [0.05, 0.1) is 8.68 Å². The van der Waals surface area contributed by atoms with Gasteiger partial charge in [0.15, 0.2) is 0 Å². The maximum absolute atomic E-state index is 12.4. The zero-order valence-corrected chi connectivity index (χ0v) is 13.4. The molecule has 0 aliphatic rings. The molecule has 0 saturated carbocycles. The van der Waals surface area contributed by atoms with E-state index in [9.17, 15) is 13.2 Å². The smallest absolute Gasteiger partial charge is 0.318 e. The maximum atomic E-state index is 12.4. The van der Waals surface area contributed by atoms with Gasteiger partial charge in [-0.25, -0.2) is 8.42 Å². The normalized spacial score (nSPS) is 12.3. The van der Waals surface area contributed by atoms with Crippen LogP contribution in [0.5, 0.6) is 0 Å². The number of nitrogens with zero attached hydrogens (tertiary/aromatic N) is 1. The molecule has 1 aromatic rings. The Balaban J connectivity index is 3.25. The van der Waals surface area contributed by atoms with Gasteiger partial charge in [0, 0.05) is 10.9 Å². The summed E-state index contributed by atoms with van der Waals surface area (Å²) in [6.07, 6.45) is 0. The molecule has 1 heterocycles. The SMILES string of the molecule is Cc1sc(Br)cc1S(=O)(=O)N(CC(=O)O)C(C)C. The Hall–Kier alpha value is -0.440. The number of rotatable bonds is 5. The topological polar surface area (TPSA) is 74.7 Å². The first-order valence-corrected chi connectivity index (χ1v) is 8.20. The summed E-state index contributed by atoms with van der Waals surface area (Å²) >= 11 is 4.54. The highest BCUT2D eigenvalue weighted by Crippen LogP contribution is 2.32. The number of thiophene rings is 1. The highest BCUT2D eigenvalue weighted by Gasteiger charge is 2.31. The standard InChI is InChI=1S/C10H14BrNO4S2/c1-6(2)12(5-10(13)14)18(15,16)8-4-9(11)17-7(8)3/h4,6H,5H2,1-3H3,(H,13,14). The number of carboxylic acids is 1. The minimum atomic E-state index is -3.77. The monoisotopic (exact) mass is 355 g/mol. The predicted molar refractivity (Wildman–Crippen MR) is 73.4 cm³/mol. The molecule has 18 heavy (non-hydrogen) atoms. The van der Waals surface area contributed by atoms with Gasteiger partial charge in [0.2, 0.25) is 10.0 Å². The van der Waals surface area contributed by atoms with E-state index < -0.39 is 28.6 Å². The number of hydrogen-bond donors (Lipinski definition) is 1. The number of carboxylic acid groups (broad SMARTS) is 1. The van der Waals surface area contributed by atoms with E-state index in [0.717, 1.165) is 4.31 Å². The van der Waals surface area contributed by atoms with Gasteiger partial charge in [0.25, 0.3) is 0 Å². The second-order valence-electron chi connectivity index (χ2n) is 4.01. The third-order valence-corrected chi connectivity index (χ3v) is 6.13. The summed E-state index contributed by atoms with van der Waals surface area (Å²) in [5, 5.41) is 8.80. The summed E-state index contributed by atoms with van der Waals surface area (Å²) < 4.78 is 26.5. The van der Waals surface area contributed by atoms with Crippen molar-refractivity contribution >= 4 is 43.3 Å². The Morgan fingerprint density at radius 2 is 2.11 bits per heavy atom. The lowest BCUT2D eigenvalue weighted by molar-refractivity contribution is -0.137. The van der Waals surface area contributed by atoms with Crippen LogP contribution in [0, 0.1) is 6.92 Å². The van der Waals surface area contributed by atoms with E-state index in [4.69, 9.17) is 5.11 Å². The fraction of sp³-hybridized carbons (Fsp3) is 0.500. The van der Waals surface area contributed by atoms with E-state index in [2.05, 4.69) is 15.9 Å². The highest BCUT2D eigenvalue weighted by molar-refractivity contribution is 9.11. The Bertz CT molecular complexity index is 550. The molecule has 8 heteroatoms. The van der Waals surface area contributed by atoms with Crippen LogP contribution in [0.15, 0.2) is 14.7 Å². The van der Waals surface area contributed by atoms with E-state index in [0.29, 0.717) is 8.66 Å². The summed E-state index contributed by atoms with van der Waals surface area (Å²) in [6, 6.07) is 1.09. The van der Waals surface area contributed by atoms with Crippen molar-refractivity contribution in [2.75, 3.05) is 6.54 Å². The van der Waals surface area contributed by atoms with E-state index >= 15 is 0 Å². The van der Waals surface area contributed by atoms with Crippen LogP contribution in [0.1, 0.15) is 18.7 Å². The van der Waals surface area contributed by atoms with Crippen molar-refractivity contribution in [1.29, 1.82) is 0 Å².